The van der Waals surface area contributed by atoms with Crippen molar-refractivity contribution in [2.45, 2.75) is 276 Å². The number of allylic oxidation sites excluding steroid dienone is 19. The summed E-state index contributed by atoms with van der Waals surface area (Å²) in [6.07, 6.45) is 64.7. The predicted molar refractivity (Wildman–Crippen MR) is 330 cm³/mol. The number of carbonyl (C=O) groups excluding carboxylic acids is 3. The number of ether oxygens (including phenoxy) is 5. The van der Waals surface area contributed by atoms with Crippen LogP contribution in [0.2, 0.25) is 0 Å². The van der Waals surface area contributed by atoms with E-state index in [2.05, 4.69) is 118 Å². The number of rotatable bonds is 52. The van der Waals surface area contributed by atoms with Crippen LogP contribution in [-0.4, -0.2) is 89.2 Å². The normalized spacial score (nSPS) is 18.6. The third-order valence-corrected chi connectivity index (χ3v) is 13.5. The summed E-state index contributed by atoms with van der Waals surface area (Å²) in [5, 5.41) is 31.6. The number of esters is 3. The molecule has 1 rings (SSSR count). The number of unbranched alkanes of at least 4 members (excludes halogenated alkanes) is 19. The molecule has 6 atom stereocenters. The monoisotopic (exact) mass is 1130 g/mol. The van der Waals surface area contributed by atoms with E-state index in [0.29, 0.717) is 19.3 Å². The van der Waals surface area contributed by atoms with Gasteiger partial charge in [-0.1, -0.05) is 232 Å². The number of aliphatic hydroxyl groups excluding tert-OH is 2. The summed E-state index contributed by atoms with van der Waals surface area (Å²) in [5.41, 5.74) is 0. The molecule has 0 spiro atoms. The van der Waals surface area contributed by atoms with E-state index >= 15 is 0 Å². The predicted octanol–water partition coefficient (Wildman–Crippen LogP) is 16.8. The number of hydrogen-bond donors (Lipinski definition) is 3. The molecule has 1 heterocycles. The van der Waals surface area contributed by atoms with E-state index in [0.717, 1.165) is 122 Å². The van der Waals surface area contributed by atoms with Crippen LogP contribution in [-0.2, 0) is 42.9 Å². The van der Waals surface area contributed by atoms with Crippen molar-refractivity contribution in [2.24, 2.45) is 0 Å². The molecule has 1 fully saturated rings. The maximum Gasteiger partial charge on any atom is 0.335 e. The largest absolute Gasteiger partial charge is 0.479 e. The maximum atomic E-state index is 13.1. The molecule has 0 bridgehead atoms. The molecule has 0 aliphatic carbocycles. The van der Waals surface area contributed by atoms with Crippen LogP contribution in [0.15, 0.2) is 122 Å². The zero-order valence-electron chi connectivity index (χ0n) is 50.5. The fraction of sp³-hybridized carbons (Fsp3) is 0.652. The number of carboxylic acids is 1. The van der Waals surface area contributed by atoms with Crippen LogP contribution >= 0.6 is 0 Å². The Morgan fingerprint density at radius 1 is 0.432 bits per heavy atom. The molecule has 1 saturated heterocycles. The van der Waals surface area contributed by atoms with Crippen molar-refractivity contribution in [1.82, 2.24) is 0 Å². The Morgan fingerprint density at radius 3 is 1.26 bits per heavy atom. The van der Waals surface area contributed by atoms with Gasteiger partial charge in [0.1, 0.15) is 18.8 Å². The fourth-order valence-electron chi connectivity index (χ4n) is 8.78. The van der Waals surface area contributed by atoms with Crippen LogP contribution in [0, 0.1) is 0 Å². The van der Waals surface area contributed by atoms with Crippen molar-refractivity contribution in [1.29, 1.82) is 0 Å². The first-order valence-electron chi connectivity index (χ1n) is 31.5. The molecule has 6 unspecified atom stereocenters. The lowest BCUT2D eigenvalue weighted by atomic mass is 9.98. The Labute approximate surface area is 490 Å². The van der Waals surface area contributed by atoms with E-state index < -0.39 is 67.3 Å². The van der Waals surface area contributed by atoms with E-state index in [-0.39, 0.29) is 25.9 Å². The van der Waals surface area contributed by atoms with Crippen LogP contribution in [0.4, 0.5) is 0 Å². The molecule has 0 aromatic carbocycles. The quantitative estimate of drug-likeness (QED) is 0.0228. The van der Waals surface area contributed by atoms with Crippen molar-refractivity contribution >= 4 is 23.9 Å². The maximum absolute atomic E-state index is 13.1. The second kappa shape index (κ2) is 55.6. The molecule has 0 saturated carbocycles. The zero-order chi connectivity index (χ0) is 58.9. The molecule has 0 radical (unpaired) electrons. The molecule has 3 N–H and O–H groups in total. The Balaban J connectivity index is 2.72. The molecule has 0 aromatic rings. The van der Waals surface area contributed by atoms with Crippen molar-refractivity contribution in [2.75, 3.05) is 13.2 Å². The van der Waals surface area contributed by atoms with Gasteiger partial charge in [0.25, 0.3) is 0 Å². The number of aliphatic carboxylic acids is 1. The summed E-state index contributed by atoms with van der Waals surface area (Å²) in [4.78, 5) is 51.2. The van der Waals surface area contributed by atoms with Crippen LogP contribution in [0.25, 0.3) is 0 Å². The van der Waals surface area contributed by atoms with E-state index in [9.17, 15) is 34.5 Å². The summed E-state index contributed by atoms with van der Waals surface area (Å²) in [7, 11) is 0. The standard InChI is InChI=1S/C69H110O12/c1-4-7-10-13-16-19-22-25-28-30-31-33-36-39-42-45-48-51-54-57-63(72)80-67-65(74)64(73)66(68(75)76)81-69(67)78-59-60(79-62(71)56-53-50-47-44-41-38-34-27-24-21-18-15-12-9-6-3)58-77-61(70)55-52-49-46-43-40-37-35-32-29-26-23-20-17-14-11-8-5-2/h7,9-10,12,16,18-19,21,25-29,31,33-34,41,44,50,53,60,64-67,69,73-74H,4-6,8,11,13-15,17,20,22-24,30,32,35-40,42-43,45-49,51-52,54-59H2,1-3H3,(H,75,76)/b10-7-,12-9-,19-16-,21-18-,28-25-,29-26-,33-31-,34-27-,44-41-,53-50-. The summed E-state index contributed by atoms with van der Waals surface area (Å²) >= 11 is 0. The molecule has 1 aliphatic heterocycles. The Morgan fingerprint density at radius 2 is 0.815 bits per heavy atom. The molecule has 0 aromatic heterocycles. The first-order chi connectivity index (χ1) is 39.6. The highest BCUT2D eigenvalue weighted by atomic mass is 16.7. The first-order valence-corrected chi connectivity index (χ1v) is 31.5. The third-order valence-electron chi connectivity index (χ3n) is 13.5. The van der Waals surface area contributed by atoms with Crippen molar-refractivity contribution < 1.29 is 58.2 Å². The highest BCUT2D eigenvalue weighted by molar-refractivity contribution is 5.74. The highest BCUT2D eigenvalue weighted by Gasteiger charge is 2.50. The zero-order valence-corrected chi connectivity index (χ0v) is 50.5. The van der Waals surface area contributed by atoms with Crippen molar-refractivity contribution in [3.05, 3.63) is 122 Å². The van der Waals surface area contributed by atoms with Gasteiger partial charge in [0.15, 0.2) is 24.6 Å². The minimum atomic E-state index is -1.93. The lowest BCUT2D eigenvalue weighted by Crippen LogP contribution is -2.61. The molecule has 458 valence electrons. The second-order valence-electron chi connectivity index (χ2n) is 20.9. The lowest BCUT2D eigenvalue weighted by Gasteiger charge is -2.40. The molecular weight excluding hydrogens is 1020 g/mol. The van der Waals surface area contributed by atoms with Gasteiger partial charge >= 0.3 is 23.9 Å². The van der Waals surface area contributed by atoms with E-state index in [1.807, 2.05) is 18.2 Å². The van der Waals surface area contributed by atoms with Gasteiger partial charge in [0.05, 0.1) is 13.0 Å². The topological polar surface area (TPSA) is 175 Å². The number of hydrogen-bond acceptors (Lipinski definition) is 11. The molecule has 12 heteroatoms. The van der Waals surface area contributed by atoms with Crippen LogP contribution in [0.3, 0.4) is 0 Å². The van der Waals surface area contributed by atoms with Gasteiger partial charge in [-0.2, -0.15) is 0 Å². The third kappa shape index (κ3) is 45.3. The Hall–Kier alpha value is -4.88. The SMILES string of the molecule is CC/C=C\C/C=C\C/C=C\C/C=C\C/C=C\CC(=O)OC(COC(=O)CCCCCCCCC/C=C\CCCCCCCC)COC1OC(C(=O)O)C(O)C(O)C1OC(=O)CCCCCCCC/C=C\C/C=C\C/C=C\C/C=C\CC. The van der Waals surface area contributed by atoms with Crippen molar-refractivity contribution in [3.8, 4) is 0 Å². The smallest absolute Gasteiger partial charge is 0.335 e. The average Bonchev–Trinajstić information content (AvgIpc) is 3.52. The molecular formula is C69H110O12. The number of aliphatic hydroxyl groups is 2. The van der Waals surface area contributed by atoms with Gasteiger partial charge in [-0.3, -0.25) is 14.4 Å². The van der Waals surface area contributed by atoms with Gasteiger partial charge in [-0.05, 0) is 109 Å². The first kappa shape index (κ1) is 74.1. The van der Waals surface area contributed by atoms with Gasteiger partial charge in [-0.25, -0.2) is 4.79 Å². The van der Waals surface area contributed by atoms with Crippen molar-refractivity contribution in [3.63, 3.8) is 0 Å². The number of carboxylic acid groups (broad SMARTS) is 1. The molecule has 81 heavy (non-hydrogen) atoms. The minimum absolute atomic E-state index is 0.0274. The van der Waals surface area contributed by atoms with Gasteiger partial charge in [0.2, 0.25) is 0 Å². The van der Waals surface area contributed by atoms with E-state index in [1.165, 1.54) is 57.8 Å². The second-order valence-corrected chi connectivity index (χ2v) is 20.9. The summed E-state index contributed by atoms with van der Waals surface area (Å²) < 4.78 is 28.3. The average molecular weight is 1130 g/mol. The Bertz CT molecular complexity index is 1870. The molecule has 1 aliphatic rings. The summed E-state index contributed by atoms with van der Waals surface area (Å²) in [6.45, 7) is 5.68. The molecule has 0 amide bonds. The molecule has 12 nitrogen and oxygen atoms in total. The highest BCUT2D eigenvalue weighted by Crippen LogP contribution is 2.26. The minimum Gasteiger partial charge on any atom is -0.479 e. The summed E-state index contributed by atoms with van der Waals surface area (Å²) in [5.74, 6) is -3.32. The fourth-order valence-corrected chi connectivity index (χ4v) is 8.78. The van der Waals surface area contributed by atoms with Gasteiger partial charge in [-0.15, -0.1) is 0 Å². The van der Waals surface area contributed by atoms with Crippen LogP contribution in [0.1, 0.15) is 239 Å². The Kier molecular flexibility index (Phi) is 50.9. The van der Waals surface area contributed by atoms with E-state index in [4.69, 9.17) is 23.7 Å². The lowest BCUT2D eigenvalue weighted by molar-refractivity contribution is -0.301. The summed E-state index contributed by atoms with van der Waals surface area (Å²) in [6, 6.07) is 0. The van der Waals surface area contributed by atoms with Crippen LogP contribution in [0.5, 0.6) is 0 Å². The number of carbonyl (C=O) groups is 4. The van der Waals surface area contributed by atoms with Gasteiger partial charge < -0.3 is 39.0 Å². The van der Waals surface area contributed by atoms with E-state index in [1.54, 1.807) is 6.08 Å². The van der Waals surface area contributed by atoms with Gasteiger partial charge in [0, 0.05) is 12.8 Å². The van der Waals surface area contributed by atoms with Crippen LogP contribution < -0.4 is 0 Å².